The Labute approximate surface area is 248 Å². The molecule has 2 amide bonds. The number of fused-ring (bicyclic) bond motifs is 1. The van der Waals surface area contributed by atoms with Crippen molar-refractivity contribution in [1.82, 2.24) is 25.6 Å². The average Bonchev–Trinajstić information content (AvgIpc) is 3.34. The molecule has 9 N–H and O–H groups in total. The van der Waals surface area contributed by atoms with E-state index in [0.29, 0.717) is 29.7 Å². The van der Waals surface area contributed by atoms with Crippen LogP contribution in [-0.4, -0.2) is 90.8 Å². The van der Waals surface area contributed by atoms with Crippen molar-refractivity contribution in [2.24, 2.45) is 0 Å². The molecule has 1 aromatic carbocycles. The molecule has 0 fully saturated rings. The predicted molar refractivity (Wildman–Crippen MR) is 153 cm³/mol. The topological polar surface area (TPSA) is 261 Å². The summed E-state index contributed by atoms with van der Waals surface area (Å²) >= 11 is 6.35. The van der Waals surface area contributed by atoms with E-state index in [4.69, 9.17) is 27.5 Å². The van der Waals surface area contributed by atoms with Crippen LogP contribution in [0.15, 0.2) is 24.4 Å². The van der Waals surface area contributed by atoms with Gasteiger partial charge in [-0.2, -0.15) is 9.97 Å². The molecule has 43 heavy (non-hydrogen) atoms. The molecule has 0 spiro atoms. The van der Waals surface area contributed by atoms with Gasteiger partial charge < -0.3 is 46.7 Å². The summed E-state index contributed by atoms with van der Waals surface area (Å²) in [5, 5.41) is 42.5. The molecule has 16 nitrogen and oxygen atoms in total. The van der Waals surface area contributed by atoms with Gasteiger partial charge >= 0.3 is 17.9 Å². The average molecular weight is 620 g/mol. The smallest absolute Gasteiger partial charge is 0.326 e. The number of carbonyl (C=O) groups is 5. The maximum Gasteiger partial charge on any atom is 0.326 e. The maximum atomic E-state index is 12.8. The number of amides is 2. The van der Waals surface area contributed by atoms with E-state index in [1.54, 1.807) is 19.3 Å². The predicted octanol–water partition coefficient (Wildman–Crippen LogP) is 0.975. The molecule has 0 saturated heterocycles. The number of aromatic hydroxyl groups is 1. The fourth-order valence-corrected chi connectivity index (χ4v) is 4.45. The van der Waals surface area contributed by atoms with E-state index in [0.717, 1.165) is 5.56 Å². The van der Waals surface area contributed by atoms with Crippen LogP contribution < -0.4 is 21.3 Å². The van der Waals surface area contributed by atoms with E-state index in [-0.39, 0.29) is 35.3 Å². The number of carbonyl (C=O) groups excluding carboxylic acids is 2. The first-order chi connectivity index (χ1) is 20.3. The van der Waals surface area contributed by atoms with Crippen molar-refractivity contribution < 1.29 is 44.4 Å². The fourth-order valence-electron chi connectivity index (χ4n) is 4.19. The lowest BCUT2D eigenvalue weighted by atomic mass is 10.1. The van der Waals surface area contributed by atoms with Crippen molar-refractivity contribution in [1.29, 1.82) is 0 Å². The number of aromatic amines is 1. The number of benzene rings is 1. The van der Waals surface area contributed by atoms with Crippen LogP contribution in [0.25, 0.3) is 11.0 Å². The number of nitrogens with zero attached hydrogens (tertiary/aromatic N) is 3. The SMILES string of the molecule is CN(CCc1c[nH]c2nc(N)nc(O)c12)c1ccc(C(=O)N[C@@H](CCC(=O)N[C@@H](CCC(=O)O)C(=O)O)C(=O)O)c(Cl)c1. The molecule has 2 aromatic heterocycles. The van der Waals surface area contributed by atoms with E-state index < -0.39 is 54.6 Å². The van der Waals surface area contributed by atoms with E-state index in [1.165, 1.54) is 12.1 Å². The van der Waals surface area contributed by atoms with E-state index in [1.807, 2.05) is 4.90 Å². The Morgan fingerprint density at radius 2 is 1.67 bits per heavy atom. The van der Waals surface area contributed by atoms with E-state index in [2.05, 4.69) is 25.6 Å². The van der Waals surface area contributed by atoms with Crippen molar-refractivity contribution in [3.05, 3.63) is 40.5 Å². The number of carboxylic acids is 3. The van der Waals surface area contributed by atoms with Crippen LogP contribution in [0.4, 0.5) is 11.6 Å². The molecular weight excluding hydrogens is 590 g/mol. The van der Waals surface area contributed by atoms with Crippen molar-refractivity contribution in [3.8, 4) is 5.88 Å². The van der Waals surface area contributed by atoms with Gasteiger partial charge in [-0.05, 0) is 43.0 Å². The summed E-state index contributed by atoms with van der Waals surface area (Å²) in [4.78, 5) is 71.3. The number of likely N-dealkylation sites (N-methyl/N-ethyl adjacent to an activating group) is 1. The van der Waals surface area contributed by atoms with Gasteiger partial charge in [-0.3, -0.25) is 14.4 Å². The zero-order chi connectivity index (χ0) is 31.8. The molecule has 0 saturated carbocycles. The quantitative estimate of drug-likeness (QED) is 0.118. The number of H-pyrrole nitrogens is 1. The number of carboxylic acid groups (broad SMARTS) is 3. The molecule has 0 aliphatic rings. The van der Waals surface area contributed by atoms with Gasteiger partial charge in [0.15, 0.2) is 0 Å². The minimum absolute atomic E-state index is 0.00887. The number of anilines is 2. The molecule has 3 rings (SSSR count). The zero-order valence-electron chi connectivity index (χ0n) is 22.8. The molecule has 0 bridgehead atoms. The molecule has 0 unspecified atom stereocenters. The lowest BCUT2D eigenvalue weighted by Crippen LogP contribution is -2.44. The zero-order valence-corrected chi connectivity index (χ0v) is 23.6. The summed E-state index contributed by atoms with van der Waals surface area (Å²) in [6.45, 7) is 0.473. The Balaban J connectivity index is 1.59. The summed E-state index contributed by atoms with van der Waals surface area (Å²) in [7, 11) is 1.79. The molecule has 17 heteroatoms. The molecule has 3 aromatic rings. The Hall–Kier alpha value is -5.12. The largest absolute Gasteiger partial charge is 0.493 e. The molecule has 230 valence electrons. The minimum atomic E-state index is -1.49. The molecule has 2 heterocycles. The summed E-state index contributed by atoms with van der Waals surface area (Å²) < 4.78 is 0. The summed E-state index contributed by atoms with van der Waals surface area (Å²) in [6.07, 6.45) is 0.532. The second kappa shape index (κ2) is 14.2. The summed E-state index contributed by atoms with van der Waals surface area (Å²) in [6, 6.07) is 1.61. The third kappa shape index (κ3) is 8.68. The number of nitrogens with one attached hydrogen (secondary N) is 3. The number of hydrogen-bond acceptors (Lipinski definition) is 10. The van der Waals surface area contributed by atoms with Gasteiger partial charge in [0.25, 0.3) is 5.91 Å². The van der Waals surface area contributed by atoms with Gasteiger partial charge in [0.2, 0.25) is 17.7 Å². The first kappa shape index (κ1) is 32.4. The van der Waals surface area contributed by atoms with E-state index in [9.17, 15) is 34.2 Å². The van der Waals surface area contributed by atoms with Gasteiger partial charge in [0, 0.05) is 38.3 Å². The second-order valence-corrected chi connectivity index (χ2v) is 9.98. The van der Waals surface area contributed by atoms with Crippen LogP contribution in [0, 0.1) is 0 Å². The number of aromatic nitrogens is 3. The Morgan fingerprint density at radius 1 is 1.02 bits per heavy atom. The first-order valence-electron chi connectivity index (χ1n) is 12.9. The van der Waals surface area contributed by atoms with Crippen LogP contribution in [0.1, 0.15) is 41.6 Å². The van der Waals surface area contributed by atoms with Crippen molar-refractivity contribution in [2.45, 2.75) is 44.2 Å². The number of nitrogen functional groups attached to an aromatic ring is 1. The van der Waals surface area contributed by atoms with Gasteiger partial charge in [-0.25, -0.2) is 9.59 Å². The highest BCUT2D eigenvalue weighted by atomic mass is 35.5. The lowest BCUT2D eigenvalue weighted by Gasteiger charge is -2.21. The Morgan fingerprint density at radius 3 is 2.30 bits per heavy atom. The molecule has 2 atom stereocenters. The highest BCUT2D eigenvalue weighted by Gasteiger charge is 2.25. The van der Waals surface area contributed by atoms with Crippen LogP contribution >= 0.6 is 11.6 Å². The fraction of sp³-hybridized carbons (Fsp3) is 0.346. The summed E-state index contributed by atoms with van der Waals surface area (Å²) in [5.74, 6) is -6.01. The molecule has 0 aliphatic carbocycles. The summed E-state index contributed by atoms with van der Waals surface area (Å²) in [5.41, 5.74) is 7.36. The normalized spacial score (nSPS) is 12.3. The third-order valence-corrected chi connectivity index (χ3v) is 6.82. The second-order valence-electron chi connectivity index (χ2n) is 9.57. The first-order valence-corrected chi connectivity index (χ1v) is 13.2. The molecular formula is C26H30ClN7O9. The van der Waals surface area contributed by atoms with Crippen LogP contribution in [0.3, 0.4) is 0 Å². The van der Waals surface area contributed by atoms with Crippen LogP contribution in [0.2, 0.25) is 5.02 Å². The van der Waals surface area contributed by atoms with Gasteiger partial charge in [0.1, 0.15) is 17.7 Å². The van der Waals surface area contributed by atoms with Crippen LogP contribution in [0.5, 0.6) is 5.88 Å². The van der Waals surface area contributed by atoms with Crippen LogP contribution in [-0.2, 0) is 25.6 Å². The van der Waals surface area contributed by atoms with E-state index >= 15 is 0 Å². The van der Waals surface area contributed by atoms with Crippen molar-refractivity contribution in [3.63, 3.8) is 0 Å². The minimum Gasteiger partial charge on any atom is -0.493 e. The number of halogens is 1. The maximum absolute atomic E-state index is 12.8. The molecule has 0 aliphatic heterocycles. The number of aliphatic carboxylic acids is 3. The number of rotatable bonds is 15. The van der Waals surface area contributed by atoms with Crippen molar-refractivity contribution >= 4 is 64.0 Å². The highest BCUT2D eigenvalue weighted by Crippen LogP contribution is 2.27. The van der Waals surface area contributed by atoms with Gasteiger partial charge in [-0.15, -0.1) is 0 Å². The molecule has 0 radical (unpaired) electrons. The Kier molecular flexibility index (Phi) is 10.7. The van der Waals surface area contributed by atoms with Gasteiger partial charge in [-0.1, -0.05) is 11.6 Å². The standard InChI is InChI=1S/C26H30ClN7O9/c1-34(9-8-12-11-29-21-20(12)23(39)33-26(28)32-21)13-2-3-14(15(27)10-13)22(38)31-17(25(42)43)4-6-18(35)30-16(24(40)41)5-7-19(36)37/h2-3,10-11,16-17H,4-9H2,1H3,(H,30,35)(H,31,38)(H,36,37)(H,40,41)(H,42,43)(H4,28,29,32,33,39)/t16-,17-/m0/s1. The monoisotopic (exact) mass is 619 g/mol. The highest BCUT2D eigenvalue weighted by molar-refractivity contribution is 6.34. The van der Waals surface area contributed by atoms with Crippen molar-refractivity contribution in [2.75, 3.05) is 24.2 Å². The Bertz CT molecular complexity index is 1540. The lowest BCUT2D eigenvalue weighted by molar-refractivity contribution is -0.143. The van der Waals surface area contributed by atoms with Gasteiger partial charge in [0.05, 0.1) is 16.0 Å². The number of nitrogens with two attached hydrogens (primary N) is 1. The number of hydrogen-bond donors (Lipinski definition) is 8. The third-order valence-electron chi connectivity index (χ3n) is 6.51.